The largest absolute Gasteiger partial charge is 0.419 e. The third-order valence-corrected chi connectivity index (χ3v) is 6.08. The number of benzene rings is 1. The Labute approximate surface area is 183 Å². The normalized spacial score (nSPS) is 15.4. The van der Waals surface area contributed by atoms with Crippen LogP contribution in [0.1, 0.15) is 39.2 Å². The summed E-state index contributed by atoms with van der Waals surface area (Å²) in [5.41, 5.74) is 0.514. The van der Waals surface area contributed by atoms with Gasteiger partial charge < -0.3 is 9.72 Å². The number of ether oxygens (including phenoxy) is 1. The molecule has 0 aliphatic carbocycles. The van der Waals surface area contributed by atoms with Crippen LogP contribution in [-0.4, -0.2) is 26.8 Å². The van der Waals surface area contributed by atoms with Crippen molar-refractivity contribution in [3.05, 3.63) is 64.0 Å². The summed E-state index contributed by atoms with van der Waals surface area (Å²) in [6.07, 6.45) is 3.24. The highest BCUT2D eigenvalue weighted by Gasteiger charge is 2.35. The van der Waals surface area contributed by atoms with Gasteiger partial charge >= 0.3 is 6.09 Å². The summed E-state index contributed by atoms with van der Waals surface area (Å²) in [5, 5.41) is 6.98. The molecule has 2 amide bonds. The summed E-state index contributed by atoms with van der Waals surface area (Å²) in [6.45, 7) is 6.33. The van der Waals surface area contributed by atoms with Crippen molar-refractivity contribution in [1.82, 2.24) is 20.1 Å². The molecule has 0 spiro atoms. The van der Waals surface area contributed by atoms with E-state index in [4.69, 9.17) is 4.74 Å². The standard InChI is InChI=1S/C23H23FN4O4/c1-4-23(5-2,11-19-21(30)27-22(31)32-19)15-7-8-17(26-20(15)29)14-10-18-13(9-16(14)24)12-25-28(18)6-3/h7-12H,4-6H2,1-3H3,(H,26,29)(H,27,30,31)/b19-11-. The number of aromatic nitrogens is 3. The van der Waals surface area contributed by atoms with E-state index in [2.05, 4.69) is 15.4 Å². The molecule has 32 heavy (non-hydrogen) atoms. The fourth-order valence-electron chi connectivity index (χ4n) is 4.16. The number of rotatable bonds is 6. The van der Waals surface area contributed by atoms with Crippen LogP contribution in [0.25, 0.3) is 22.2 Å². The minimum Gasteiger partial charge on any atom is -0.404 e. The molecule has 0 saturated carbocycles. The Morgan fingerprint density at radius 1 is 1.16 bits per heavy atom. The molecule has 1 aromatic carbocycles. The smallest absolute Gasteiger partial charge is 0.404 e. The van der Waals surface area contributed by atoms with Gasteiger partial charge in [0.05, 0.1) is 17.4 Å². The number of imide groups is 1. The summed E-state index contributed by atoms with van der Waals surface area (Å²) in [7, 11) is 0. The van der Waals surface area contributed by atoms with Gasteiger partial charge in [0.15, 0.2) is 5.76 Å². The number of fused-ring (bicyclic) bond motifs is 1. The highest BCUT2D eigenvalue weighted by molar-refractivity contribution is 6.07. The van der Waals surface area contributed by atoms with Crippen molar-refractivity contribution in [2.24, 2.45) is 0 Å². The van der Waals surface area contributed by atoms with Gasteiger partial charge in [0.25, 0.3) is 11.5 Å². The molecule has 0 unspecified atom stereocenters. The minimum absolute atomic E-state index is 0.133. The van der Waals surface area contributed by atoms with Gasteiger partial charge in [0.1, 0.15) is 5.82 Å². The average molecular weight is 438 g/mol. The summed E-state index contributed by atoms with van der Waals surface area (Å²) in [6, 6.07) is 6.35. The van der Waals surface area contributed by atoms with E-state index < -0.39 is 28.8 Å². The predicted molar refractivity (Wildman–Crippen MR) is 116 cm³/mol. The zero-order valence-electron chi connectivity index (χ0n) is 18.0. The summed E-state index contributed by atoms with van der Waals surface area (Å²) < 4.78 is 21.5. The Morgan fingerprint density at radius 3 is 2.50 bits per heavy atom. The Bertz CT molecular complexity index is 1320. The molecule has 0 radical (unpaired) electrons. The first-order valence-corrected chi connectivity index (χ1v) is 10.5. The van der Waals surface area contributed by atoms with E-state index in [1.54, 1.807) is 29.1 Å². The Kier molecular flexibility index (Phi) is 5.41. The molecule has 9 heteroatoms. The quantitative estimate of drug-likeness (QED) is 0.570. The molecule has 2 N–H and O–H groups in total. The van der Waals surface area contributed by atoms with Crippen LogP contribution in [0, 0.1) is 5.82 Å². The van der Waals surface area contributed by atoms with Gasteiger partial charge in [-0.3, -0.25) is 19.6 Å². The number of H-pyrrole nitrogens is 1. The van der Waals surface area contributed by atoms with Gasteiger partial charge in [-0.25, -0.2) is 9.18 Å². The first kappa shape index (κ1) is 21.5. The fraction of sp³-hybridized carbons (Fsp3) is 0.304. The molecule has 166 valence electrons. The number of hydrogen-bond acceptors (Lipinski definition) is 5. The zero-order chi connectivity index (χ0) is 23.0. The maximum absolute atomic E-state index is 14.8. The van der Waals surface area contributed by atoms with Crippen LogP contribution in [0.3, 0.4) is 0 Å². The molecule has 1 aliphatic rings. The summed E-state index contributed by atoms with van der Waals surface area (Å²) in [4.78, 5) is 39.2. The fourth-order valence-corrected chi connectivity index (χ4v) is 4.16. The number of nitrogens with one attached hydrogen (secondary N) is 2. The van der Waals surface area contributed by atoms with Crippen LogP contribution in [-0.2, 0) is 21.5 Å². The lowest BCUT2D eigenvalue weighted by atomic mass is 9.75. The van der Waals surface area contributed by atoms with Gasteiger partial charge in [0.2, 0.25) is 0 Å². The van der Waals surface area contributed by atoms with Gasteiger partial charge in [-0.15, -0.1) is 0 Å². The van der Waals surface area contributed by atoms with Crippen LogP contribution in [0.2, 0.25) is 0 Å². The highest BCUT2D eigenvalue weighted by atomic mass is 19.1. The third kappa shape index (κ3) is 3.49. The number of aryl methyl sites for hydroxylation is 1. The van der Waals surface area contributed by atoms with E-state index in [9.17, 15) is 18.8 Å². The van der Waals surface area contributed by atoms with Crippen molar-refractivity contribution in [3.63, 3.8) is 0 Å². The van der Waals surface area contributed by atoms with Crippen molar-refractivity contribution in [3.8, 4) is 11.3 Å². The van der Waals surface area contributed by atoms with E-state index in [0.717, 1.165) is 5.52 Å². The second kappa shape index (κ2) is 8.07. The molecule has 0 bridgehead atoms. The molecule has 1 fully saturated rings. The molecule has 4 rings (SSSR count). The van der Waals surface area contributed by atoms with Crippen LogP contribution in [0.5, 0.6) is 0 Å². The lowest BCUT2D eigenvalue weighted by Gasteiger charge is -2.28. The molecule has 1 aliphatic heterocycles. The molecule has 3 heterocycles. The van der Waals surface area contributed by atoms with Crippen LogP contribution in [0.15, 0.2) is 47.1 Å². The van der Waals surface area contributed by atoms with Crippen LogP contribution >= 0.6 is 0 Å². The maximum atomic E-state index is 14.8. The van der Waals surface area contributed by atoms with Crippen molar-refractivity contribution < 1.29 is 18.7 Å². The number of halogens is 1. The number of amides is 2. The first-order valence-electron chi connectivity index (χ1n) is 10.5. The van der Waals surface area contributed by atoms with Gasteiger partial charge in [-0.05, 0) is 44.0 Å². The van der Waals surface area contributed by atoms with Gasteiger partial charge in [-0.2, -0.15) is 5.10 Å². The van der Waals surface area contributed by atoms with Crippen LogP contribution in [0.4, 0.5) is 9.18 Å². The molecular weight excluding hydrogens is 415 g/mol. The molecule has 8 nitrogen and oxygen atoms in total. The highest BCUT2D eigenvalue weighted by Crippen LogP contribution is 2.34. The maximum Gasteiger partial charge on any atom is 0.419 e. The Hall–Kier alpha value is -3.75. The number of aromatic amines is 1. The predicted octanol–water partition coefficient (Wildman–Crippen LogP) is 3.76. The number of carbonyl (C=O) groups excluding carboxylic acids is 2. The Morgan fingerprint density at radius 2 is 1.91 bits per heavy atom. The molecular formula is C23H23FN4O4. The lowest BCUT2D eigenvalue weighted by Crippen LogP contribution is -2.31. The van der Waals surface area contributed by atoms with E-state index in [1.807, 2.05) is 20.8 Å². The second-order valence-corrected chi connectivity index (χ2v) is 7.68. The first-order chi connectivity index (χ1) is 15.3. The average Bonchev–Trinajstić information content (AvgIpc) is 3.32. The number of alkyl carbamates (subject to hydrolysis) is 1. The minimum atomic E-state index is -0.844. The van der Waals surface area contributed by atoms with Gasteiger partial charge in [-0.1, -0.05) is 19.9 Å². The molecule has 0 atom stereocenters. The van der Waals surface area contributed by atoms with E-state index >= 15 is 0 Å². The van der Waals surface area contributed by atoms with Gasteiger partial charge in [0, 0.05) is 28.5 Å². The Balaban J connectivity index is 1.81. The number of hydrogen-bond donors (Lipinski definition) is 2. The van der Waals surface area contributed by atoms with Crippen LogP contribution < -0.4 is 10.9 Å². The monoisotopic (exact) mass is 438 g/mol. The van der Waals surface area contributed by atoms with E-state index in [-0.39, 0.29) is 11.3 Å². The summed E-state index contributed by atoms with van der Waals surface area (Å²) >= 11 is 0. The summed E-state index contributed by atoms with van der Waals surface area (Å²) in [5.74, 6) is -1.24. The van der Waals surface area contributed by atoms with E-state index in [0.29, 0.717) is 36.0 Å². The molecule has 1 saturated heterocycles. The molecule has 3 aromatic rings. The third-order valence-electron chi connectivity index (χ3n) is 6.08. The number of cyclic esters (lactones) is 1. The SMILES string of the molecule is CCn1ncc2cc(F)c(-c3ccc(C(/C=C4\OC(=O)NC4=O)(CC)CC)c(=O)[nH]3)cc21. The second-order valence-electron chi connectivity index (χ2n) is 7.68. The zero-order valence-corrected chi connectivity index (χ0v) is 18.0. The lowest BCUT2D eigenvalue weighted by molar-refractivity contribution is -0.116. The van der Waals surface area contributed by atoms with E-state index in [1.165, 1.54) is 12.1 Å². The number of carbonyl (C=O) groups is 2. The van der Waals surface area contributed by atoms with Crippen molar-refractivity contribution >= 4 is 22.9 Å². The molecule has 2 aromatic heterocycles. The van der Waals surface area contributed by atoms with Crippen molar-refractivity contribution in [2.75, 3.05) is 0 Å². The number of allylic oxidation sites excluding steroid dienone is 1. The number of nitrogens with zero attached hydrogens (tertiary/aromatic N) is 2. The topological polar surface area (TPSA) is 106 Å². The van der Waals surface area contributed by atoms with Crippen molar-refractivity contribution in [1.29, 1.82) is 0 Å². The number of pyridine rings is 1. The van der Waals surface area contributed by atoms with Crippen molar-refractivity contribution in [2.45, 2.75) is 45.6 Å².